The molecule has 0 radical (unpaired) electrons. The predicted octanol–water partition coefficient (Wildman–Crippen LogP) is 1.95. The van der Waals surface area contributed by atoms with Crippen molar-refractivity contribution >= 4 is 15.7 Å². The number of hydrogen-bond acceptors (Lipinski definition) is 4. The van der Waals surface area contributed by atoms with E-state index in [0.29, 0.717) is 5.69 Å². The smallest absolute Gasteiger partial charge is 0.229 e. The normalized spacial score (nSPS) is 18.2. The molecule has 1 atom stereocenters. The molecule has 0 fully saturated rings. The number of phenols is 1. The van der Waals surface area contributed by atoms with Gasteiger partial charge in [0.1, 0.15) is 5.75 Å². The van der Waals surface area contributed by atoms with Crippen molar-refractivity contribution in [2.75, 3.05) is 11.0 Å². The van der Waals surface area contributed by atoms with Gasteiger partial charge in [0.25, 0.3) is 0 Å². The van der Waals surface area contributed by atoms with E-state index in [0.717, 1.165) is 42.3 Å². The maximum absolute atomic E-state index is 11.5. The molecule has 0 saturated carbocycles. The number of nitrogens with one attached hydrogen (secondary N) is 2. The van der Waals surface area contributed by atoms with Crippen LogP contribution in [0.15, 0.2) is 24.7 Å². The molecule has 7 heteroatoms. The Hall–Kier alpha value is -2.02. The van der Waals surface area contributed by atoms with Crippen LogP contribution in [-0.4, -0.2) is 29.7 Å². The fourth-order valence-electron chi connectivity index (χ4n) is 2.99. The monoisotopic (exact) mass is 307 g/mol. The quantitative estimate of drug-likeness (QED) is 0.755. The van der Waals surface area contributed by atoms with Gasteiger partial charge in [0.05, 0.1) is 24.0 Å². The Morgan fingerprint density at radius 2 is 2.24 bits per heavy atom. The van der Waals surface area contributed by atoms with E-state index < -0.39 is 10.0 Å². The Morgan fingerprint density at radius 3 is 2.90 bits per heavy atom. The molecule has 6 nitrogen and oxygen atoms in total. The number of rotatable bonds is 3. The summed E-state index contributed by atoms with van der Waals surface area (Å²) in [5, 5.41) is 10.2. The standard InChI is InChI=1S/C14H17N3O3S/c1-21(19,20)17-11-5-6-13(18)14-9(11)3-2-4-10(14)12-7-15-8-16-12/h5-8,10,17-18H,2-4H2,1H3,(H,15,16). The summed E-state index contributed by atoms with van der Waals surface area (Å²) in [7, 11) is -3.35. The topological polar surface area (TPSA) is 95.1 Å². The summed E-state index contributed by atoms with van der Waals surface area (Å²) in [5.41, 5.74) is 3.05. The Kier molecular flexibility index (Phi) is 3.36. The zero-order valence-corrected chi connectivity index (χ0v) is 12.4. The highest BCUT2D eigenvalue weighted by Gasteiger charge is 2.28. The predicted molar refractivity (Wildman–Crippen MR) is 79.9 cm³/mol. The van der Waals surface area contributed by atoms with Crippen LogP contribution in [0.2, 0.25) is 0 Å². The summed E-state index contributed by atoms with van der Waals surface area (Å²) < 4.78 is 25.5. The Balaban J connectivity index is 2.12. The van der Waals surface area contributed by atoms with E-state index in [4.69, 9.17) is 0 Å². The molecule has 1 heterocycles. The van der Waals surface area contributed by atoms with Crippen LogP contribution in [-0.2, 0) is 16.4 Å². The Labute approximate surface area is 123 Å². The average Bonchev–Trinajstić information content (AvgIpc) is 2.94. The number of anilines is 1. The summed E-state index contributed by atoms with van der Waals surface area (Å²) in [5.74, 6) is 0.179. The van der Waals surface area contributed by atoms with Gasteiger partial charge in [-0.05, 0) is 37.0 Å². The Morgan fingerprint density at radius 1 is 1.43 bits per heavy atom. The van der Waals surface area contributed by atoms with Gasteiger partial charge >= 0.3 is 0 Å². The third-order valence-corrected chi connectivity index (χ3v) is 4.36. The first kappa shape index (κ1) is 13.9. The molecule has 1 aliphatic carbocycles. The van der Waals surface area contributed by atoms with Crippen LogP contribution in [0.25, 0.3) is 0 Å². The minimum atomic E-state index is -3.35. The number of hydrogen-bond donors (Lipinski definition) is 3. The lowest BCUT2D eigenvalue weighted by atomic mass is 9.80. The van der Waals surface area contributed by atoms with Crippen LogP contribution < -0.4 is 4.72 Å². The highest BCUT2D eigenvalue weighted by Crippen LogP contribution is 2.43. The molecule has 1 aromatic heterocycles. The molecule has 0 aliphatic heterocycles. The maximum Gasteiger partial charge on any atom is 0.229 e. The number of imidazole rings is 1. The van der Waals surface area contributed by atoms with Crippen molar-refractivity contribution in [3.63, 3.8) is 0 Å². The van der Waals surface area contributed by atoms with E-state index in [9.17, 15) is 13.5 Å². The first-order valence-electron chi connectivity index (χ1n) is 6.77. The molecule has 0 bridgehead atoms. The maximum atomic E-state index is 11.5. The number of aromatic amines is 1. The lowest BCUT2D eigenvalue weighted by Gasteiger charge is -2.27. The summed E-state index contributed by atoms with van der Waals surface area (Å²) in [6.07, 6.45) is 7.10. The second-order valence-corrected chi connectivity index (χ2v) is 7.09. The first-order chi connectivity index (χ1) is 9.96. The molecule has 3 rings (SSSR count). The van der Waals surface area contributed by atoms with Crippen LogP contribution in [0.5, 0.6) is 5.75 Å². The molecule has 1 unspecified atom stereocenters. The minimum absolute atomic E-state index is 0.0127. The average molecular weight is 307 g/mol. The minimum Gasteiger partial charge on any atom is -0.508 e. The van der Waals surface area contributed by atoms with Gasteiger partial charge in [0.15, 0.2) is 0 Å². The second-order valence-electron chi connectivity index (χ2n) is 5.34. The molecule has 2 aromatic rings. The Bertz CT molecular complexity index is 754. The third-order valence-electron chi connectivity index (χ3n) is 3.77. The van der Waals surface area contributed by atoms with E-state index in [1.807, 2.05) is 6.20 Å². The number of aromatic nitrogens is 2. The largest absolute Gasteiger partial charge is 0.508 e. The van der Waals surface area contributed by atoms with Gasteiger partial charge in [0.2, 0.25) is 10.0 Å². The molecule has 1 aliphatic rings. The van der Waals surface area contributed by atoms with Crippen molar-refractivity contribution < 1.29 is 13.5 Å². The van der Waals surface area contributed by atoms with Crippen molar-refractivity contribution in [1.29, 1.82) is 0 Å². The summed E-state index contributed by atoms with van der Waals surface area (Å²) in [4.78, 5) is 7.20. The second kappa shape index (κ2) is 5.07. The molecule has 0 spiro atoms. The number of sulfonamides is 1. The third kappa shape index (κ3) is 2.73. The van der Waals surface area contributed by atoms with Gasteiger partial charge in [-0.3, -0.25) is 4.72 Å². The first-order valence-corrected chi connectivity index (χ1v) is 8.66. The van der Waals surface area contributed by atoms with Gasteiger partial charge < -0.3 is 10.1 Å². The number of fused-ring (bicyclic) bond motifs is 1. The van der Waals surface area contributed by atoms with Crippen LogP contribution in [0.4, 0.5) is 5.69 Å². The van der Waals surface area contributed by atoms with Crippen molar-refractivity contribution in [3.8, 4) is 5.75 Å². The SMILES string of the molecule is CS(=O)(=O)Nc1ccc(O)c2c1CCCC2c1c[nH]cn1. The van der Waals surface area contributed by atoms with E-state index >= 15 is 0 Å². The van der Waals surface area contributed by atoms with Crippen molar-refractivity contribution in [2.24, 2.45) is 0 Å². The van der Waals surface area contributed by atoms with Gasteiger partial charge in [-0.2, -0.15) is 0 Å². The number of benzene rings is 1. The molecule has 3 N–H and O–H groups in total. The van der Waals surface area contributed by atoms with Gasteiger partial charge in [-0.15, -0.1) is 0 Å². The van der Waals surface area contributed by atoms with E-state index in [-0.39, 0.29) is 11.7 Å². The fourth-order valence-corrected chi connectivity index (χ4v) is 3.58. The van der Waals surface area contributed by atoms with E-state index in [2.05, 4.69) is 14.7 Å². The summed E-state index contributed by atoms with van der Waals surface area (Å²) in [6, 6.07) is 3.15. The number of nitrogens with zero attached hydrogens (tertiary/aromatic N) is 1. The summed E-state index contributed by atoms with van der Waals surface area (Å²) in [6.45, 7) is 0. The van der Waals surface area contributed by atoms with Gasteiger partial charge in [-0.25, -0.2) is 13.4 Å². The molecular weight excluding hydrogens is 290 g/mol. The molecular formula is C14H17N3O3S. The van der Waals surface area contributed by atoms with E-state index in [1.54, 1.807) is 12.4 Å². The van der Waals surface area contributed by atoms with E-state index in [1.165, 1.54) is 6.07 Å². The number of phenolic OH excluding ortho intramolecular Hbond substituents is 1. The lowest BCUT2D eigenvalue weighted by molar-refractivity contribution is 0.454. The fraction of sp³-hybridized carbons (Fsp3) is 0.357. The van der Waals surface area contributed by atoms with Crippen LogP contribution in [0.3, 0.4) is 0 Å². The highest BCUT2D eigenvalue weighted by atomic mass is 32.2. The summed E-state index contributed by atoms with van der Waals surface area (Å²) >= 11 is 0. The number of H-pyrrole nitrogens is 1. The molecule has 0 amide bonds. The molecule has 21 heavy (non-hydrogen) atoms. The van der Waals surface area contributed by atoms with Crippen LogP contribution in [0, 0.1) is 0 Å². The molecule has 1 aromatic carbocycles. The van der Waals surface area contributed by atoms with Crippen molar-refractivity contribution in [2.45, 2.75) is 25.2 Å². The van der Waals surface area contributed by atoms with Crippen molar-refractivity contribution in [1.82, 2.24) is 9.97 Å². The van der Waals surface area contributed by atoms with Crippen LogP contribution in [0.1, 0.15) is 35.6 Å². The van der Waals surface area contributed by atoms with Gasteiger partial charge in [-0.1, -0.05) is 0 Å². The van der Waals surface area contributed by atoms with Crippen molar-refractivity contribution in [3.05, 3.63) is 41.5 Å². The molecule has 112 valence electrons. The van der Waals surface area contributed by atoms with Gasteiger partial charge in [0, 0.05) is 17.7 Å². The molecule has 0 saturated heterocycles. The zero-order chi connectivity index (χ0) is 15.0. The van der Waals surface area contributed by atoms with Crippen LogP contribution >= 0.6 is 0 Å². The lowest BCUT2D eigenvalue weighted by Crippen LogP contribution is -2.17. The highest BCUT2D eigenvalue weighted by molar-refractivity contribution is 7.92. The zero-order valence-electron chi connectivity index (χ0n) is 11.6. The number of aromatic hydroxyl groups is 1.